The molecule has 138 valence electrons. The third kappa shape index (κ3) is 5.16. The van der Waals surface area contributed by atoms with Gasteiger partial charge >= 0.3 is 5.97 Å². The Morgan fingerprint density at radius 1 is 1.08 bits per heavy atom. The number of likely N-dealkylation sites (tertiary alicyclic amines) is 1. The van der Waals surface area contributed by atoms with Crippen LogP contribution < -0.4 is 0 Å². The molecule has 1 saturated heterocycles. The fourth-order valence-electron chi connectivity index (χ4n) is 3.58. The standard InChI is InChI=1S/C22H27NO3/c24-22(25)20-10-6-13-23(17-20)14-16-26-15-12-19-9-4-5-11-21(19)18-7-2-1-3-8-18/h1-5,7-9,11,20H,6,10,12-17H2,(H,24,25). The van der Waals surface area contributed by atoms with Crippen molar-refractivity contribution in [3.8, 4) is 11.1 Å². The molecule has 0 saturated carbocycles. The van der Waals surface area contributed by atoms with E-state index in [0.29, 0.717) is 19.8 Å². The number of aliphatic carboxylic acids is 1. The van der Waals surface area contributed by atoms with Gasteiger partial charge in [0.1, 0.15) is 0 Å². The Bertz CT molecular complexity index is 702. The van der Waals surface area contributed by atoms with Gasteiger partial charge in [-0.15, -0.1) is 0 Å². The smallest absolute Gasteiger partial charge is 0.307 e. The first kappa shape index (κ1) is 18.6. The zero-order valence-electron chi connectivity index (χ0n) is 15.1. The van der Waals surface area contributed by atoms with Gasteiger partial charge in [0, 0.05) is 13.1 Å². The molecule has 0 aromatic heterocycles. The summed E-state index contributed by atoms with van der Waals surface area (Å²) in [4.78, 5) is 13.3. The molecule has 1 heterocycles. The molecule has 1 atom stereocenters. The quantitative estimate of drug-likeness (QED) is 0.735. The van der Waals surface area contributed by atoms with E-state index in [4.69, 9.17) is 9.84 Å². The molecule has 1 N–H and O–H groups in total. The normalized spacial score (nSPS) is 17.9. The third-order valence-corrected chi connectivity index (χ3v) is 5.02. The molecule has 0 spiro atoms. The van der Waals surface area contributed by atoms with Crippen molar-refractivity contribution in [1.82, 2.24) is 4.90 Å². The van der Waals surface area contributed by atoms with E-state index in [2.05, 4.69) is 53.4 Å². The van der Waals surface area contributed by atoms with Crippen LogP contribution in [0.5, 0.6) is 0 Å². The summed E-state index contributed by atoms with van der Waals surface area (Å²) in [5.74, 6) is -0.894. The zero-order chi connectivity index (χ0) is 18.2. The molecule has 0 aliphatic carbocycles. The molecule has 0 radical (unpaired) electrons. The van der Waals surface area contributed by atoms with Crippen LogP contribution in [0, 0.1) is 5.92 Å². The summed E-state index contributed by atoms with van der Waals surface area (Å²) in [5, 5.41) is 9.15. The number of hydrogen-bond acceptors (Lipinski definition) is 3. The summed E-state index contributed by atoms with van der Waals surface area (Å²) < 4.78 is 5.84. The number of carboxylic acids is 1. The molecule has 4 nitrogen and oxygen atoms in total. The first-order valence-electron chi connectivity index (χ1n) is 9.40. The second kappa shape index (κ2) is 9.51. The zero-order valence-corrected chi connectivity index (χ0v) is 15.1. The van der Waals surface area contributed by atoms with E-state index in [1.54, 1.807) is 0 Å². The van der Waals surface area contributed by atoms with E-state index in [0.717, 1.165) is 32.4 Å². The van der Waals surface area contributed by atoms with Crippen molar-refractivity contribution >= 4 is 5.97 Å². The summed E-state index contributed by atoms with van der Waals surface area (Å²) in [7, 11) is 0. The van der Waals surface area contributed by atoms with Crippen LogP contribution in [0.4, 0.5) is 0 Å². The maximum absolute atomic E-state index is 11.1. The number of carbonyl (C=O) groups is 1. The van der Waals surface area contributed by atoms with Gasteiger partial charge in [0.15, 0.2) is 0 Å². The Labute approximate surface area is 155 Å². The number of piperidine rings is 1. The van der Waals surface area contributed by atoms with Crippen LogP contribution in [-0.4, -0.2) is 48.8 Å². The maximum Gasteiger partial charge on any atom is 0.307 e. The first-order chi connectivity index (χ1) is 12.7. The van der Waals surface area contributed by atoms with Crippen LogP contribution in [0.3, 0.4) is 0 Å². The fraction of sp³-hybridized carbons (Fsp3) is 0.409. The van der Waals surface area contributed by atoms with Gasteiger partial charge in [0.25, 0.3) is 0 Å². The van der Waals surface area contributed by atoms with Gasteiger partial charge in [0.05, 0.1) is 19.1 Å². The average molecular weight is 353 g/mol. The van der Waals surface area contributed by atoms with Crippen molar-refractivity contribution in [3.05, 3.63) is 60.2 Å². The minimum Gasteiger partial charge on any atom is -0.481 e. The molecule has 2 aromatic carbocycles. The molecule has 0 bridgehead atoms. The topological polar surface area (TPSA) is 49.8 Å². The lowest BCUT2D eigenvalue weighted by molar-refractivity contribution is -0.143. The Hall–Kier alpha value is -2.17. The van der Waals surface area contributed by atoms with Gasteiger partial charge in [-0.1, -0.05) is 54.6 Å². The van der Waals surface area contributed by atoms with Crippen LogP contribution in [0.1, 0.15) is 18.4 Å². The van der Waals surface area contributed by atoms with Crippen molar-refractivity contribution in [1.29, 1.82) is 0 Å². The monoisotopic (exact) mass is 353 g/mol. The minimum atomic E-state index is -0.673. The Morgan fingerprint density at radius 2 is 1.85 bits per heavy atom. The molecule has 1 unspecified atom stereocenters. The molecule has 1 fully saturated rings. The highest BCUT2D eigenvalue weighted by Gasteiger charge is 2.24. The molecule has 0 amide bonds. The second-order valence-corrected chi connectivity index (χ2v) is 6.86. The lowest BCUT2D eigenvalue weighted by Gasteiger charge is -2.30. The Kier molecular flexibility index (Phi) is 6.81. The van der Waals surface area contributed by atoms with Gasteiger partial charge in [-0.25, -0.2) is 0 Å². The third-order valence-electron chi connectivity index (χ3n) is 5.02. The van der Waals surface area contributed by atoms with Gasteiger partial charge < -0.3 is 14.7 Å². The van der Waals surface area contributed by atoms with Crippen molar-refractivity contribution in [2.45, 2.75) is 19.3 Å². The number of carboxylic acid groups (broad SMARTS) is 1. The average Bonchev–Trinajstić information content (AvgIpc) is 2.69. The summed E-state index contributed by atoms with van der Waals surface area (Å²) in [6.07, 6.45) is 2.63. The van der Waals surface area contributed by atoms with E-state index < -0.39 is 5.97 Å². The summed E-state index contributed by atoms with van der Waals surface area (Å²) >= 11 is 0. The van der Waals surface area contributed by atoms with E-state index in [1.165, 1.54) is 16.7 Å². The first-order valence-corrected chi connectivity index (χ1v) is 9.40. The van der Waals surface area contributed by atoms with Crippen LogP contribution in [0.25, 0.3) is 11.1 Å². The van der Waals surface area contributed by atoms with Gasteiger partial charge in [-0.3, -0.25) is 4.79 Å². The Balaban J connectivity index is 1.44. The van der Waals surface area contributed by atoms with Crippen molar-refractivity contribution < 1.29 is 14.6 Å². The molecule has 3 rings (SSSR count). The Morgan fingerprint density at radius 3 is 2.65 bits per heavy atom. The van der Waals surface area contributed by atoms with Crippen molar-refractivity contribution in [2.75, 3.05) is 32.8 Å². The molecule has 4 heteroatoms. The van der Waals surface area contributed by atoms with Crippen LogP contribution in [0.15, 0.2) is 54.6 Å². The predicted molar refractivity (Wildman–Crippen MR) is 103 cm³/mol. The summed E-state index contributed by atoms with van der Waals surface area (Å²) in [6, 6.07) is 18.9. The molecule has 1 aliphatic heterocycles. The number of benzene rings is 2. The largest absolute Gasteiger partial charge is 0.481 e. The van der Waals surface area contributed by atoms with E-state index in [-0.39, 0.29) is 5.92 Å². The second-order valence-electron chi connectivity index (χ2n) is 6.86. The molecule has 26 heavy (non-hydrogen) atoms. The molecular weight excluding hydrogens is 326 g/mol. The number of rotatable bonds is 8. The fourth-order valence-corrected chi connectivity index (χ4v) is 3.58. The van der Waals surface area contributed by atoms with Crippen molar-refractivity contribution in [3.63, 3.8) is 0 Å². The van der Waals surface area contributed by atoms with Gasteiger partial charge in [-0.2, -0.15) is 0 Å². The van der Waals surface area contributed by atoms with Crippen LogP contribution >= 0.6 is 0 Å². The molecule has 1 aliphatic rings. The van der Waals surface area contributed by atoms with Crippen LogP contribution in [0.2, 0.25) is 0 Å². The SMILES string of the molecule is O=C(O)C1CCCN(CCOCCc2ccccc2-c2ccccc2)C1. The number of hydrogen-bond donors (Lipinski definition) is 1. The highest BCUT2D eigenvalue weighted by atomic mass is 16.5. The van der Waals surface area contributed by atoms with Crippen molar-refractivity contribution in [2.24, 2.45) is 5.92 Å². The maximum atomic E-state index is 11.1. The predicted octanol–water partition coefficient (Wildman–Crippen LogP) is 3.71. The van der Waals surface area contributed by atoms with Crippen LogP contribution in [-0.2, 0) is 16.0 Å². The summed E-state index contributed by atoms with van der Waals surface area (Å²) in [6.45, 7) is 3.77. The van der Waals surface area contributed by atoms with E-state index in [9.17, 15) is 4.79 Å². The van der Waals surface area contributed by atoms with E-state index >= 15 is 0 Å². The highest BCUT2D eigenvalue weighted by molar-refractivity contribution is 5.70. The van der Waals surface area contributed by atoms with Gasteiger partial charge in [-0.05, 0) is 42.5 Å². The van der Waals surface area contributed by atoms with Gasteiger partial charge in [0.2, 0.25) is 0 Å². The summed E-state index contributed by atoms with van der Waals surface area (Å²) in [5.41, 5.74) is 3.79. The highest BCUT2D eigenvalue weighted by Crippen LogP contribution is 2.23. The number of nitrogens with zero attached hydrogens (tertiary/aromatic N) is 1. The molecule has 2 aromatic rings. The number of ether oxygens (including phenoxy) is 1. The minimum absolute atomic E-state index is 0.221. The lowest BCUT2D eigenvalue weighted by Crippen LogP contribution is -2.40. The lowest BCUT2D eigenvalue weighted by atomic mass is 9.98. The molecular formula is C22H27NO3. The van der Waals surface area contributed by atoms with E-state index in [1.807, 2.05) is 6.07 Å².